The van der Waals surface area contributed by atoms with E-state index in [2.05, 4.69) is 10.6 Å². The van der Waals surface area contributed by atoms with Crippen molar-refractivity contribution in [3.63, 3.8) is 0 Å². The molecule has 0 heterocycles. The van der Waals surface area contributed by atoms with Crippen molar-refractivity contribution in [3.05, 3.63) is 65.5 Å². The molecule has 0 saturated heterocycles. The van der Waals surface area contributed by atoms with Gasteiger partial charge in [-0.3, -0.25) is 9.59 Å². The van der Waals surface area contributed by atoms with E-state index in [0.717, 1.165) is 0 Å². The molecule has 124 valence electrons. The maximum Gasteiger partial charge on any atom is 0.253 e. The molecule has 2 amide bonds. The van der Waals surface area contributed by atoms with Crippen LogP contribution in [0.4, 0.5) is 10.1 Å². The first kappa shape index (κ1) is 17.2. The van der Waals surface area contributed by atoms with E-state index < -0.39 is 5.91 Å². The molecule has 24 heavy (non-hydrogen) atoms. The number of amides is 2. The van der Waals surface area contributed by atoms with E-state index in [0.29, 0.717) is 17.0 Å². The van der Waals surface area contributed by atoms with Crippen LogP contribution in [0.15, 0.2) is 48.5 Å². The standard InChI is InChI=1S/C18H17FN2O3/c1-20-18(23)15-11-14(24-2)7-8-16(15)21-17(22)9-6-12-4-3-5-13(19)10-12/h3-11H,1-2H3,(H,20,23)(H,21,22)/b9-6+. The highest BCUT2D eigenvalue weighted by molar-refractivity contribution is 6.07. The fourth-order valence-electron chi connectivity index (χ4n) is 2.04. The zero-order valence-corrected chi connectivity index (χ0v) is 13.3. The van der Waals surface area contributed by atoms with Crippen LogP contribution in [0.25, 0.3) is 6.08 Å². The molecule has 2 N–H and O–H groups in total. The van der Waals surface area contributed by atoms with E-state index in [1.807, 2.05) is 0 Å². The maximum absolute atomic E-state index is 13.1. The number of anilines is 1. The summed E-state index contributed by atoms with van der Waals surface area (Å²) >= 11 is 0. The molecule has 2 rings (SSSR count). The van der Waals surface area contributed by atoms with Gasteiger partial charge in [0.05, 0.1) is 18.4 Å². The summed E-state index contributed by atoms with van der Waals surface area (Å²) in [6, 6.07) is 10.6. The SMILES string of the molecule is CNC(=O)c1cc(OC)ccc1NC(=O)/C=C/c1cccc(F)c1. The van der Waals surface area contributed by atoms with Crippen molar-refractivity contribution in [2.75, 3.05) is 19.5 Å². The Hall–Kier alpha value is -3.15. The van der Waals surface area contributed by atoms with Crippen LogP contribution in [-0.4, -0.2) is 26.0 Å². The quantitative estimate of drug-likeness (QED) is 0.830. The molecule has 0 bridgehead atoms. The lowest BCUT2D eigenvalue weighted by Crippen LogP contribution is -2.21. The van der Waals surface area contributed by atoms with Crippen molar-refractivity contribution < 1.29 is 18.7 Å². The smallest absolute Gasteiger partial charge is 0.253 e. The third kappa shape index (κ3) is 4.42. The van der Waals surface area contributed by atoms with Gasteiger partial charge in [0.15, 0.2) is 0 Å². The van der Waals surface area contributed by atoms with E-state index >= 15 is 0 Å². The molecular weight excluding hydrogens is 311 g/mol. The molecule has 2 aromatic carbocycles. The van der Waals surface area contributed by atoms with Crippen LogP contribution in [0.2, 0.25) is 0 Å². The van der Waals surface area contributed by atoms with Gasteiger partial charge in [0.1, 0.15) is 11.6 Å². The summed E-state index contributed by atoms with van der Waals surface area (Å²) in [4.78, 5) is 24.0. The Morgan fingerprint density at radius 1 is 1.17 bits per heavy atom. The van der Waals surface area contributed by atoms with Gasteiger partial charge in [-0.2, -0.15) is 0 Å². The molecule has 0 aliphatic carbocycles. The molecule has 6 heteroatoms. The number of methoxy groups -OCH3 is 1. The molecule has 0 unspecified atom stereocenters. The Kier molecular flexibility index (Phi) is 5.68. The van der Waals surface area contributed by atoms with E-state index in [-0.39, 0.29) is 17.3 Å². The molecule has 0 aromatic heterocycles. The van der Waals surface area contributed by atoms with Crippen LogP contribution >= 0.6 is 0 Å². The normalized spacial score (nSPS) is 10.5. The van der Waals surface area contributed by atoms with Crippen LogP contribution in [0.3, 0.4) is 0 Å². The van der Waals surface area contributed by atoms with Gasteiger partial charge in [-0.25, -0.2) is 4.39 Å². The Balaban J connectivity index is 2.17. The summed E-state index contributed by atoms with van der Waals surface area (Å²) in [6.07, 6.45) is 2.76. The fraction of sp³-hybridized carbons (Fsp3) is 0.111. The second kappa shape index (κ2) is 7.92. The van der Waals surface area contributed by atoms with Crippen LogP contribution in [0.1, 0.15) is 15.9 Å². The zero-order valence-electron chi connectivity index (χ0n) is 13.3. The highest BCUT2D eigenvalue weighted by Gasteiger charge is 2.12. The Labute approximate surface area is 139 Å². The summed E-state index contributed by atoms with van der Waals surface area (Å²) in [5.74, 6) is -0.663. The summed E-state index contributed by atoms with van der Waals surface area (Å²) in [7, 11) is 2.99. The molecule has 0 saturated carbocycles. The Morgan fingerprint density at radius 2 is 1.96 bits per heavy atom. The van der Waals surface area contributed by atoms with E-state index in [4.69, 9.17) is 4.74 Å². The lowest BCUT2D eigenvalue weighted by molar-refractivity contribution is -0.111. The highest BCUT2D eigenvalue weighted by atomic mass is 19.1. The molecule has 0 aliphatic heterocycles. The first-order valence-corrected chi connectivity index (χ1v) is 7.18. The van der Waals surface area contributed by atoms with Crippen molar-refractivity contribution in [3.8, 4) is 5.75 Å². The lowest BCUT2D eigenvalue weighted by Gasteiger charge is -2.10. The van der Waals surface area contributed by atoms with Crippen LogP contribution in [-0.2, 0) is 4.79 Å². The van der Waals surface area contributed by atoms with Gasteiger partial charge >= 0.3 is 0 Å². The largest absolute Gasteiger partial charge is 0.497 e. The van der Waals surface area contributed by atoms with Crippen molar-refractivity contribution >= 4 is 23.6 Å². The highest BCUT2D eigenvalue weighted by Crippen LogP contribution is 2.22. The summed E-state index contributed by atoms with van der Waals surface area (Å²) < 4.78 is 18.2. The number of halogens is 1. The van der Waals surface area contributed by atoms with Gasteiger partial charge in [0, 0.05) is 13.1 Å². The number of carbonyl (C=O) groups excluding carboxylic acids is 2. The number of nitrogens with one attached hydrogen (secondary N) is 2. The number of ether oxygens (including phenoxy) is 1. The van der Waals surface area contributed by atoms with Crippen LogP contribution in [0, 0.1) is 5.82 Å². The van der Waals surface area contributed by atoms with Gasteiger partial charge in [0.2, 0.25) is 5.91 Å². The van der Waals surface area contributed by atoms with E-state index in [9.17, 15) is 14.0 Å². The molecule has 0 radical (unpaired) electrons. The summed E-state index contributed by atoms with van der Waals surface area (Å²) in [5, 5.41) is 5.13. The van der Waals surface area contributed by atoms with Crippen molar-refractivity contribution in [2.45, 2.75) is 0 Å². The molecule has 0 atom stereocenters. The minimum atomic E-state index is -0.436. The second-order valence-electron chi connectivity index (χ2n) is 4.87. The van der Waals surface area contributed by atoms with E-state index in [1.165, 1.54) is 44.5 Å². The van der Waals surface area contributed by atoms with Crippen LogP contribution < -0.4 is 15.4 Å². The first-order chi connectivity index (χ1) is 11.5. The predicted molar refractivity (Wildman–Crippen MR) is 90.4 cm³/mol. The summed E-state index contributed by atoms with van der Waals surface area (Å²) in [6.45, 7) is 0. The molecule has 0 aliphatic rings. The van der Waals surface area contributed by atoms with Gasteiger partial charge in [0.25, 0.3) is 5.91 Å². The van der Waals surface area contributed by atoms with Crippen LogP contribution in [0.5, 0.6) is 5.75 Å². The number of benzene rings is 2. The second-order valence-corrected chi connectivity index (χ2v) is 4.87. The van der Waals surface area contributed by atoms with E-state index in [1.54, 1.807) is 24.3 Å². The maximum atomic E-state index is 13.1. The molecule has 2 aromatic rings. The number of hydrogen-bond acceptors (Lipinski definition) is 3. The third-order valence-electron chi connectivity index (χ3n) is 3.23. The molecule has 0 fully saturated rings. The topological polar surface area (TPSA) is 67.4 Å². The monoisotopic (exact) mass is 328 g/mol. The van der Waals surface area contributed by atoms with Gasteiger partial charge in [-0.1, -0.05) is 12.1 Å². The minimum absolute atomic E-state index is 0.282. The fourth-order valence-corrected chi connectivity index (χ4v) is 2.04. The Morgan fingerprint density at radius 3 is 2.62 bits per heavy atom. The van der Waals surface area contributed by atoms with Gasteiger partial charge in [-0.15, -0.1) is 0 Å². The minimum Gasteiger partial charge on any atom is -0.497 e. The molecular formula is C18H17FN2O3. The zero-order chi connectivity index (χ0) is 17.5. The Bertz CT molecular complexity index is 788. The lowest BCUT2D eigenvalue weighted by atomic mass is 10.1. The first-order valence-electron chi connectivity index (χ1n) is 7.18. The van der Waals surface area contributed by atoms with Gasteiger partial charge in [-0.05, 0) is 42.0 Å². The summed E-state index contributed by atoms with van der Waals surface area (Å²) in [5.41, 5.74) is 1.19. The number of carbonyl (C=O) groups is 2. The third-order valence-corrected chi connectivity index (χ3v) is 3.23. The van der Waals surface area contributed by atoms with Gasteiger partial charge < -0.3 is 15.4 Å². The number of hydrogen-bond donors (Lipinski definition) is 2. The van der Waals surface area contributed by atoms with Crippen molar-refractivity contribution in [2.24, 2.45) is 0 Å². The number of rotatable bonds is 5. The average molecular weight is 328 g/mol. The average Bonchev–Trinajstić information content (AvgIpc) is 2.59. The van der Waals surface area contributed by atoms with Crippen molar-refractivity contribution in [1.82, 2.24) is 5.32 Å². The molecule has 5 nitrogen and oxygen atoms in total. The predicted octanol–water partition coefficient (Wildman–Crippen LogP) is 2.85. The van der Waals surface area contributed by atoms with Crippen molar-refractivity contribution in [1.29, 1.82) is 0 Å². The molecule has 0 spiro atoms.